The monoisotopic (exact) mass is 334 g/mol. The van der Waals surface area contributed by atoms with Gasteiger partial charge in [0.15, 0.2) is 6.61 Å². The first-order chi connectivity index (χ1) is 10.7. The fraction of sp³-hybridized carbons (Fsp3) is 0.533. The van der Waals surface area contributed by atoms with Gasteiger partial charge in [-0.05, 0) is 31.4 Å². The van der Waals surface area contributed by atoms with E-state index in [4.69, 9.17) is 5.73 Å². The molecule has 1 aliphatic carbocycles. The van der Waals surface area contributed by atoms with E-state index >= 15 is 0 Å². The summed E-state index contributed by atoms with van der Waals surface area (Å²) in [7, 11) is 0. The number of nitrogens with two attached hydrogens (primary N) is 1. The van der Waals surface area contributed by atoms with Crippen molar-refractivity contribution in [3.8, 4) is 5.75 Å². The average Bonchev–Trinajstić information content (AvgIpc) is 2.45. The third kappa shape index (κ3) is 5.38. The molecule has 3 N–H and O–H groups in total. The molecule has 0 bridgehead atoms. The van der Waals surface area contributed by atoms with Gasteiger partial charge in [-0.2, -0.15) is 13.2 Å². The van der Waals surface area contributed by atoms with E-state index in [1.165, 1.54) is 0 Å². The van der Waals surface area contributed by atoms with E-state index in [1.54, 1.807) is 0 Å². The molecule has 1 aromatic rings. The molecule has 4 nitrogen and oxygen atoms in total. The summed E-state index contributed by atoms with van der Waals surface area (Å²) in [6, 6.07) is 2.89. The predicted molar refractivity (Wildman–Crippen MR) is 76.5 cm³/mol. The molecule has 0 aliphatic heterocycles. The zero-order chi connectivity index (χ0) is 17.0. The summed E-state index contributed by atoms with van der Waals surface area (Å²) in [6.07, 6.45) is -1.73. The Balaban J connectivity index is 2.08. The molecular formula is C15H18F4N2O2. The molecule has 1 fully saturated rings. The largest absolute Gasteiger partial charge is 0.482 e. The van der Waals surface area contributed by atoms with Crippen molar-refractivity contribution in [2.45, 2.75) is 37.9 Å². The van der Waals surface area contributed by atoms with Crippen LogP contribution < -0.4 is 15.8 Å². The van der Waals surface area contributed by atoms with Crippen molar-refractivity contribution in [3.05, 3.63) is 24.0 Å². The van der Waals surface area contributed by atoms with Gasteiger partial charge >= 0.3 is 6.18 Å². The third-order valence-electron chi connectivity index (χ3n) is 3.68. The Kier molecular flexibility index (Phi) is 5.46. The number of amides is 1. The van der Waals surface area contributed by atoms with Crippen molar-refractivity contribution in [1.29, 1.82) is 0 Å². The average molecular weight is 334 g/mol. The molecule has 2 rings (SSSR count). The Morgan fingerprint density at radius 1 is 1.35 bits per heavy atom. The number of rotatable bonds is 4. The van der Waals surface area contributed by atoms with Crippen molar-refractivity contribution < 1.29 is 27.1 Å². The molecule has 128 valence electrons. The smallest absolute Gasteiger partial charge is 0.422 e. The van der Waals surface area contributed by atoms with Gasteiger partial charge in [0, 0.05) is 18.0 Å². The minimum atomic E-state index is -4.52. The second-order valence-electron chi connectivity index (χ2n) is 5.66. The molecule has 23 heavy (non-hydrogen) atoms. The topological polar surface area (TPSA) is 64.4 Å². The maximum atomic E-state index is 13.3. The van der Waals surface area contributed by atoms with Crippen LogP contribution in [0, 0.1) is 11.7 Å². The van der Waals surface area contributed by atoms with E-state index in [-0.39, 0.29) is 29.3 Å². The fourth-order valence-electron chi connectivity index (χ4n) is 2.59. The number of benzene rings is 1. The number of halogens is 4. The molecule has 0 heterocycles. The molecule has 1 saturated carbocycles. The van der Waals surface area contributed by atoms with E-state index in [0.29, 0.717) is 12.8 Å². The minimum absolute atomic E-state index is 0.0760. The van der Waals surface area contributed by atoms with Gasteiger partial charge in [0.05, 0.1) is 5.69 Å². The number of carbonyl (C=O) groups is 1. The van der Waals surface area contributed by atoms with Gasteiger partial charge in [0.1, 0.15) is 11.6 Å². The van der Waals surface area contributed by atoms with Gasteiger partial charge in [-0.3, -0.25) is 4.79 Å². The standard InChI is InChI=1S/C15H18F4N2O2/c16-10-4-5-13(23-8-15(17,18)19)12(7-10)21-14(22)9-2-1-3-11(20)6-9/h4-5,7,9,11H,1-3,6,8,20H2,(H,21,22). The number of hydrogen-bond acceptors (Lipinski definition) is 3. The molecule has 2 atom stereocenters. The molecule has 0 spiro atoms. The number of carbonyl (C=O) groups excluding carboxylic acids is 1. The van der Waals surface area contributed by atoms with Crippen molar-refractivity contribution in [2.24, 2.45) is 11.7 Å². The zero-order valence-electron chi connectivity index (χ0n) is 12.3. The lowest BCUT2D eigenvalue weighted by molar-refractivity contribution is -0.153. The van der Waals surface area contributed by atoms with E-state index in [0.717, 1.165) is 31.0 Å². The van der Waals surface area contributed by atoms with Crippen LogP contribution in [-0.4, -0.2) is 24.7 Å². The molecule has 1 aliphatic rings. The Bertz CT molecular complexity index is 563. The Hall–Kier alpha value is -1.83. The third-order valence-corrected chi connectivity index (χ3v) is 3.68. The molecule has 0 radical (unpaired) electrons. The summed E-state index contributed by atoms with van der Waals surface area (Å²) < 4.78 is 54.7. The lowest BCUT2D eigenvalue weighted by Gasteiger charge is -2.26. The van der Waals surface area contributed by atoms with E-state index in [1.807, 2.05) is 0 Å². The van der Waals surface area contributed by atoms with Crippen LogP contribution in [0.1, 0.15) is 25.7 Å². The number of anilines is 1. The van der Waals surface area contributed by atoms with Gasteiger partial charge in [0.2, 0.25) is 5.91 Å². The predicted octanol–water partition coefficient (Wildman–Crippen LogP) is 3.22. The van der Waals surface area contributed by atoms with Gasteiger partial charge in [-0.1, -0.05) is 6.42 Å². The first-order valence-electron chi connectivity index (χ1n) is 7.30. The van der Waals surface area contributed by atoms with Crippen LogP contribution >= 0.6 is 0 Å². The van der Waals surface area contributed by atoms with Crippen LogP contribution in [0.15, 0.2) is 18.2 Å². The van der Waals surface area contributed by atoms with E-state index in [9.17, 15) is 22.4 Å². The Morgan fingerprint density at radius 2 is 2.09 bits per heavy atom. The van der Waals surface area contributed by atoms with Crippen molar-refractivity contribution in [2.75, 3.05) is 11.9 Å². The van der Waals surface area contributed by atoms with Crippen LogP contribution in [0.25, 0.3) is 0 Å². The maximum absolute atomic E-state index is 13.3. The normalized spacial score (nSPS) is 21.8. The fourth-order valence-corrected chi connectivity index (χ4v) is 2.59. The van der Waals surface area contributed by atoms with Crippen LogP contribution in [0.5, 0.6) is 5.75 Å². The summed E-state index contributed by atoms with van der Waals surface area (Å²) in [6.45, 7) is -1.52. The first-order valence-corrected chi connectivity index (χ1v) is 7.30. The molecular weight excluding hydrogens is 316 g/mol. The highest BCUT2D eigenvalue weighted by molar-refractivity contribution is 5.94. The van der Waals surface area contributed by atoms with Crippen LogP contribution in [0.2, 0.25) is 0 Å². The molecule has 1 amide bonds. The van der Waals surface area contributed by atoms with Crippen molar-refractivity contribution in [1.82, 2.24) is 0 Å². The van der Waals surface area contributed by atoms with Gasteiger partial charge in [-0.25, -0.2) is 4.39 Å². The zero-order valence-corrected chi connectivity index (χ0v) is 12.3. The first kappa shape index (κ1) is 17.5. The molecule has 2 unspecified atom stereocenters. The molecule has 8 heteroatoms. The van der Waals surface area contributed by atoms with Crippen molar-refractivity contribution in [3.63, 3.8) is 0 Å². The molecule has 0 aromatic heterocycles. The van der Waals surface area contributed by atoms with E-state index in [2.05, 4.69) is 10.1 Å². The van der Waals surface area contributed by atoms with Crippen molar-refractivity contribution >= 4 is 11.6 Å². The number of nitrogens with one attached hydrogen (secondary N) is 1. The van der Waals surface area contributed by atoms with Gasteiger partial charge in [-0.15, -0.1) is 0 Å². The minimum Gasteiger partial charge on any atom is -0.482 e. The Labute approximate surface area is 131 Å². The summed E-state index contributed by atoms with van der Waals surface area (Å²) >= 11 is 0. The maximum Gasteiger partial charge on any atom is 0.422 e. The highest BCUT2D eigenvalue weighted by Crippen LogP contribution is 2.30. The van der Waals surface area contributed by atoms with Gasteiger partial charge in [0.25, 0.3) is 0 Å². The summed E-state index contributed by atoms with van der Waals surface area (Å²) in [4.78, 5) is 12.2. The molecule has 0 saturated heterocycles. The number of ether oxygens (including phenoxy) is 1. The quantitative estimate of drug-likeness (QED) is 0.831. The second kappa shape index (κ2) is 7.16. The van der Waals surface area contributed by atoms with Gasteiger partial charge < -0.3 is 15.8 Å². The SMILES string of the molecule is NC1CCCC(C(=O)Nc2cc(F)ccc2OCC(F)(F)F)C1. The lowest BCUT2D eigenvalue weighted by Crippen LogP contribution is -2.34. The highest BCUT2D eigenvalue weighted by atomic mass is 19.4. The summed E-state index contributed by atoms with van der Waals surface area (Å²) in [5.74, 6) is -1.63. The van der Waals surface area contributed by atoms with Crippen LogP contribution in [0.4, 0.5) is 23.2 Å². The summed E-state index contributed by atoms with van der Waals surface area (Å²) in [5.41, 5.74) is 5.70. The van der Waals surface area contributed by atoms with E-state index < -0.39 is 18.6 Å². The Morgan fingerprint density at radius 3 is 2.74 bits per heavy atom. The lowest BCUT2D eigenvalue weighted by atomic mass is 9.85. The summed E-state index contributed by atoms with van der Waals surface area (Å²) in [5, 5.41) is 2.45. The van der Waals surface area contributed by atoms with Crippen LogP contribution in [0.3, 0.4) is 0 Å². The highest BCUT2D eigenvalue weighted by Gasteiger charge is 2.30. The number of hydrogen-bond donors (Lipinski definition) is 2. The molecule has 1 aromatic carbocycles. The number of alkyl halides is 3. The second-order valence-corrected chi connectivity index (χ2v) is 5.66. The van der Waals surface area contributed by atoms with Crippen LogP contribution in [-0.2, 0) is 4.79 Å².